The number of halogens is 3. The summed E-state index contributed by atoms with van der Waals surface area (Å²) in [5.74, 6) is -0.269. The Morgan fingerprint density at radius 3 is 2.55 bits per heavy atom. The number of imide groups is 1. The number of nitrogens with one attached hydrogen (secondary N) is 1. The average Bonchev–Trinajstić information content (AvgIpc) is 3.17. The number of hydrogen-bond acceptors (Lipinski definition) is 7. The predicted molar refractivity (Wildman–Crippen MR) is 129 cm³/mol. The standard InChI is InChI=1S/C25H23F3N6O4/c1-14(35)32-16-2-7-20-21(9-16)30-13-31-23(20)38-19-5-3-17(4-6-19)34-22(36)12-33(24(34)37)18-8-15(10-29-11-18)25(26,27)28/h2,7-11,13,17,19H,3-6,12H2,1H3,(H,32,35)/t17-,19+. The number of fused-ring (bicyclic) bond motifs is 1. The lowest BCUT2D eigenvalue weighted by atomic mass is 9.92. The number of nitrogens with zero attached hydrogens (tertiary/aromatic N) is 5. The molecule has 0 unspecified atom stereocenters. The number of rotatable bonds is 5. The average molecular weight is 528 g/mol. The molecule has 2 fully saturated rings. The Kier molecular flexibility index (Phi) is 6.59. The van der Waals surface area contributed by atoms with Crippen molar-refractivity contribution in [3.8, 4) is 5.88 Å². The van der Waals surface area contributed by atoms with Gasteiger partial charge in [-0.3, -0.25) is 24.4 Å². The van der Waals surface area contributed by atoms with Gasteiger partial charge in [0.2, 0.25) is 11.8 Å². The minimum Gasteiger partial charge on any atom is -0.474 e. The zero-order valence-electron chi connectivity index (χ0n) is 20.2. The first-order valence-electron chi connectivity index (χ1n) is 11.9. The second kappa shape index (κ2) is 9.88. The van der Waals surface area contributed by atoms with Gasteiger partial charge in [0.25, 0.3) is 5.91 Å². The lowest BCUT2D eigenvalue weighted by Crippen LogP contribution is -2.44. The Balaban J connectivity index is 1.24. The largest absolute Gasteiger partial charge is 0.474 e. The van der Waals surface area contributed by atoms with Crippen LogP contribution in [0.2, 0.25) is 0 Å². The molecule has 2 aliphatic rings. The first kappa shape index (κ1) is 25.4. The number of ether oxygens (including phenoxy) is 1. The fourth-order valence-electron chi connectivity index (χ4n) is 4.79. The van der Waals surface area contributed by atoms with Crippen LogP contribution in [0.5, 0.6) is 5.88 Å². The summed E-state index contributed by atoms with van der Waals surface area (Å²) in [6, 6.07) is 4.99. The Bertz CT molecular complexity index is 1410. The van der Waals surface area contributed by atoms with Gasteiger partial charge in [0.15, 0.2) is 0 Å². The van der Waals surface area contributed by atoms with Crippen molar-refractivity contribution in [3.05, 3.63) is 48.5 Å². The third kappa shape index (κ3) is 5.08. The SMILES string of the molecule is CC(=O)Nc1ccc2c(O[C@H]3CC[C@@H](N4C(=O)CN(c5cncc(C(F)(F)F)c5)C4=O)CC3)ncnc2c1. The van der Waals surface area contributed by atoms with Gasteiger partial charge in [-0.15, -0.1) is 0 Å². The van der Waals surface area contributed by atoms with Crippen molar-refractivity contribution < 1.29 is 32.3 Å². The van der Waals surface area contributed by atoms with Crippen LogP contribution in [-0.2, 0) is 15.8 Å². The summed E-state index contributed by atoms with van der Waals surface area (Å²) in [6.45, 7) is 1.07. The molecule has 0 atom stereocenters. The van der Waals surface area contributed by atoms with Crippen molar-refractivity contribution in [1.82, 2.24) is 19.9 Å². The minimum absolute atomic E-state index is 0.0741. The second-order valence-electron chi connectivity index (χ2n) is 9.20. The Hall–Kier alpha value is -4.29. The summed E-state index contributed by atoms with van der Waals surface area (Å²) >= 11 is 0. The molecule has 3 heterocycles. The maximum Gasteiger partial charge on any atom is 0.417 e. The van der Waals surface area contributed by atoms with Crippen LogP contribution in [0.4, 0.5) is 29.3 Å². The third-order valence-corrected chi connectivity index (χ3v) is 6.57. The highest BCUT2D eigenvalue weighted by molar-refractivity contribution is 6.12. The van der Waals surface area contributed by atoms with E-state index in [0.29, 0.717) is 54.4 Å². The van der Waals surface area contributed by atoms with Gasteiger partial charge in [0.05, 0.1) is 28.4 Å². The molecule has 0 bridgehead atoms. The van der Waals surface area contributed by atoms with E-state index >= 15 is 0 Å². The summed E-state index contributed by atoms with van der Waals surface area (Å²) < 4.78 is 45.4. The zero-order valence-corrected chi connectivity index (χ0v) is 20.2. The fraction of sp³-hybridized carbons (Fsp3) is 0.360. The van der Waals surface area contributed by atoms with Crippen LogP contribution in [0, 0.1) is 0 Å². The zero-order chi connectivity index (χ0) is 27.0. The molecule has 5 rings (SSSR count). The van der Waals surface area contributed by atoms with Crippen molar-refractivity contribution in [3.63, 3.8) is 0 Å². The van der Waals surface area contributed by atoms with Gasteiger partial charge >= 0.3 is 12.2 Å². The van der Waals surface area contributed by atoms with E-state index < -0.39 is 23.7 Å². The normalized spacial score (nSPS) is 20.2. The molecule has 1 saturated heterocycles. The van der Waals surface area contributed by atoms with Crippen LogP contribution in [0.15, 0.2) is 43.0 Å². The van der Waals surface area contributed by atoms with Crippen LogP contribution in [-0.4, -0.2) is 56.4 Å². The van der Waals surface area contributed by atoms with Crippen molar-refractivity contribution in [2.75, 3.05) is 16.8 Å². The smallest absolute Gasteiger partial charge is 0.417 e. The molecule has 0 spiro atoms. The van der Waals surface area contributed by atoms with Crippen molar-refractivity contribution in [2.45, 2.75) is 50.9 Å². The fourth-order valence-corrected chi connectivity index (χ4v) is 4.79. The van der Waals surface area contributed by atoms with Crippen LogP contribution in [0.3, 0.4) is 0 Å². The molecule has 2 aromatic heterocycles. The monoisotopic (exact) mass is 528 g/mol. The number of hydrogen-bond donors (Lipinski definition) is 1. The van der Waals surface area contributed by atoms with E-state index in [1.165, 1.54) is 13.3 Å². The number of anilines is 2. The number of amides is 4. The van der Waals surface area contributed by atoms with Gasteiger partial charge in [-0.25, -0.2) is 14.8 Å². The van der Waals surface area contributed by atoms with E-state index in [-0.39, 0.29) is 30.3 Å². The van der Waals surface area contributed by atoms with Gasteiger partial charge in [0.1, 0.15) is 19.0 Å². The van der Waals surface area contributed by atoms with Gasteiger partial charge in [-0.05, 0) is 49.9 Å². The highest BCUT2D eigenvalue weighted by atomic mass is 19.4. The molecule has 38 heavy (non-hydrogen) atoms. The molecule has 1 aliphatic carbocycles. The minimum atomic E-state index is -4.61. The van der Waals surface area contributed by atoms with Crippen LogP contribution < -0.4 is 15.0 Å². The summed E-state index contributed by atoms with van der Waals surface area (Å²) in [5.41, 5.74) is 0.141. The molecule has 0 radical (unpaired) electrons. The summed E-state index contributed by atoms with van der Waals surface area (Å²) in [4.78, 5) is 51.3. The van der Waals surface area contributed by atoms with Crippen LogP contribution in [0.25, 0.3) is 10.9 Å². The van der Waals surface area contributed by atoms with E-state index in [4.69, 9.17) is 4.74 Å². The summed E-state index contributed by atoms with van der Waals surface area (Å²) in [6.07, 6.45) is 0.406. The molecule has 1 aliphatic heterocycles. The number of benzene rings is 1. The number of carbonyl (C=O) groups is 3. The van der Waals surface area contributed by atoms with Gasteiger partial charge in [0, 0.05) is 24.8 Å². The van der Waals surface area contributed by atoms with Gasteiger partial charge in [-0.1, -0.05) is 0 Å². The molecule has 1 saturated carbocycles. The molecule has 198 valence electrons. The van der Waals surface area contributed by atoms with Gasteiger partial charge in [-0.2, -0.15) is 13.2 Å². The molecule has 4 amide bonds. The van der Waals surface area contributed by atoms with E-state index in [1.807, 2.05) is 0 Å². The van der Waals surface area contributed by atoms with Crippen LogP contribution >= 0.6 is 0 Å². The predicted octanol–water partition coefficient (Wildman–Crippen LogP) is 4.16. The lowest BCUT2D eigenvalue weighted by Gasteiger charge is -2.33. The molecule has 1 aromatic carbocycles. The maximum absolute atomic E-state index is 13.1. The Morgan fingerprint density at radius 2 is 1.84 bits per heavy atom. The first-order chi connectivity index (χ1) is 18.1. The van der Waals surface area contributed by atoms with Crippen LogP contribution in [0.1, 0.15) is 38.2 Å². The topological polar surface area (TPSA) is 118 Å². The maximum atomic E-state index is 13.1. The van der Waals surface area contributed by atoms with Crippen molar-refractivity contribution in [2.24, 2.45) is 0 Å². The Labute approximate surface area is 214 Å². The molecule has 3 aromatic rings. The molecule has 10 nitrogen and oxygen atoms in total. The van der Waals surface area contributed by atoms with E-state index in [1.54, 1.807) is 18.2 Å². The van der Waals surface area contributed by atoms with E-state index in [2.05, 4.69) is 20.3 Å². The molecule has 1 N–H and O–H groups in total. The number of alkyl halides is 3. The quantitative estimate of drug-likeness (QED) is 0.494. The summed E-state index contributed by atoms with van der Waals surface area (Å²) in [7, 11) is 0. The van der Waals surface area contributed by atoms with Gasteiger partial charge < -0.3 is 10.1 Å². The van der Waals surface area contributed by atoms with Crippen molar-refractivity contribution >= 4 is 40.1 Å². The molecule has 13 heteroatoms. The lowest BCUT2D eigenvalue weighted by molar-refractivity contribution is -0.137. The molecular weight excluding hydrogens is 505 g/mol. The summed E-state index contributed by atoms with van der Waals surface area (Å²) in [5, 5.41) is 3.38. The Morgan fingerprint density at radius 1 is 1.08 bits per heavy atom. The van der Waals surface area contributed by atoms with Crippen molar-refractivity contribution in [1.29, 1.82) is 0 Å². The first-order valence-corrected chi connectivity index (χ1v) is 11.9. The van der Waals surface area contributed by atoms with E-state index in [9.17, 15) is 27.6 Å². The second-order valence-corrected chi connectivity index (χ2v) is 9.20. The number of pyridine rings is 1. The number of carbonyl (C=O) groups excluding carboxylic acids is 3. The third-order valence-electron chi connectivity index (χ3n) is 6.57. The molecular formula is C25H23F3N6O4. The highest BCUT2D eigenvalue weighted by Gasteiger charge is 2.43. The number of aromatic nitrogens is 3. The highest BCUT2D eigenvalue weighted by Crippen LogP contribution is 2.34. The van der Waals surface area contributed by atoms with E-state index in [0.717, 1.165) is 22.1 Å². The number of urea groups is 1.